The number of hydrogen-bond acceptors (Lipinski definition) is 2. The van der Waals surface area contributed by atoms with Gasteiger partial charge in [-0.1, -0.05) is 51.9 Å². The summed E-state index contributed by atoms with van der Waals surface area (Å²) in [5.74, 6) is 1.08. The van der Waals surface area contributed by atoms with Gasteiger partial charge in [0.1, 0.15) is 5.60 Å². The number of carbonyl (C=O) groups is 1. The fourth-order valence-electron chi connectivity index (χ4n) is 1.92. The molecule has 1 aliphatic rings. The van der Waals surface area contributed by atoms with Crippen molar-refractivity contribution in [3.8, 4) is 0 Å². The summed E-state index contributed by atoms with van der Waals surface area (Å²) in [6.45, 7) is 8.25. The highest BCUT2D eigenvalue weighted by molar-refractivity contribution is 5.85. The van der Waals surface area contributed by atoms with E-state index in [4.69, 9.17) is 0 Å². The molecule has 0 N–H and O–H groups in total. The molecule has 0 aromatic heterocycles. The van der Waals surface area contributed by atoms with E-state index >= 15 is 0 Å². The number of rotatable bonds is 2. The first-order valence-corrected chi connectivity index (χ1v) is 6.61. The molecule has 17 heavy (non-hydrogen) atoms. The first-order chi connectivity index (χ1) is 7.49. The molecule has 1 saturated carbocycles. The van der Waals surface area contributed by atoms with Crippen LogP contribution in [0, 0.1) is 5.92 Å². The minimum Gasteiger partial charge on any atom is -0.462 e. The van der Waals surface area contributed by atoms with Gasteiger partial charge in [0.2, 0.25) is 0 Å². The maximum absolute atomic E-state index is 9.60. The largest absolute Gasteiger partial charge is 0.462 e. The lowest BCUT2D eigenvalue weighted by Gasteiger charge is -2.14. The van der Waals surface area contributed by atoms with Gasteiger partial charge in [-0.2, -0.15) is 0 Å². The molecule has 1 fully saturated rings. The van der Waals surface area contributed by atoms with E-state index in [-0.39, 0.29) is 18.0 Å². The Morgan fingerprint density at radius 1 is 1.12 bits per heavy atom. The van der Waals surface area contributed by atoms with Crippen LogP contribution < -0.4 is 0 Å². The number of halogens is 1. The molecule has 104 valence electrons. The lowest BCUT2D eigenvalue weighted by atomic mass is 9.98. The minimum absolute atomic E-state index is 0. The summed E-state index contributed by atoms with van der Waals surface area (Å²) in [7, 11) is 0. The summed E-state index contributed by atoms with van der Waals surface area (Å²) in [6, 6.07) is 0. The fraction of sp³-hybridized carbons (Fsp3) is 0.929. The van der Waals surface area contributed by atoms with Crippen molar-refractivity contribution in [1.29, 1.82) is 0 Å². The normalized spacial score (nSPS) is 16.9. The molecule has 2 nitrogen and oxygen atoms in total. The van der Waals surface area contributed by atoms with Crippen molar-refractivity contribution >= 4 is 18.9 Å². The van der Waals surface area contributed by atoms with E-state index in [9.17, 15) is 4.79 Å². The lowest BCUT2D eigenvalue weighted by Crippen LogP contribution is -2.17. The second-order valence-corrected chi connectivity index (χ2v) is 5.59. The second kappa shape index (κ2) is 10.9. The molecule has 0 aliphatic heterocycles. The summed E-state index contributed by atoms with van der Waals surface area (Å²) in [4.78, 5) is 9.60. The zero-order chi connectivity index (χ0) is 12.4. The zero-order valence-corrected chi connectivity index (χ0v) is 12.6. The first-order valence-electron chi connectivity index (χ1n) is 6.61. The minimum atomic E-state index is -0.318. The smallest absolute Gasteiger partial charge is 0.293 e. The summed E-state index contributed by atoms with van der Waals surface area (Å²) in [5, 5.41) is 0. The van der Waals surface area contributed by atoms with Crippen LogP contribution in [0.25, 0.3) is 0 Å². The number of hydrogen-bond donors (Lipinski definition) is 0. The van der Waals surface area contributed by atoms with E-state index in [0.717, 1.165) is 5.92 Å². The highest BCUT2D eigenvalue weighted by Crippen LogP contribution is 2.24. The van der Waals surface area contributed by atoms with E-state index in [2.05, 4.69) is 11.7 Å². The van der Waals surface area contributed by atoms with Crippen molar-refractivity contribution in [2.45, 2.75) is 78.2 Å². The highest BCUT2D eigenvalue weighted by atomic mass is 35.5. The summed E-state index contributed by atoms with van der Waals surface area (Å²) in [5.41, 5.74) is -0.318. The van der Waals surface area contributed by atoms with Gasteiger partial charge in [-0.05, 0) is 26.7 Å². The van der Waals surface area contributed by atoms with Gasteiger partial charge in [-0.25, -0.2) is 0 Å². The van der Waals surface area contributed by atoms with Gasteiger partial charge in [0.05, 0.1) is 0 Å². The van der Waals surface area contributed by atoms with Gasteiger partial charge in [0.15, 0.2) is 0 Å². The van der Waals surface area contributed by atoms with E-state index < -0.39 is 0 Å². The number of ether oxygens (including phenoxy) is 1. The van der Waals surface area contributed by atoms with Gasteiger partial charge < -0.3 is 4.74 Å². The van der Waals surface area contributed by atoms with Crippen molar-refractivity contribution in [2.75, 3.05) is 0 Å². The number of carbonyl (C=O) groups excluding carboxylic acids is 1. The molecule has 0 bridgehead atoms. The van der Waals surface area contributed by atoms with E-state index in [0.29, 0.717) is 6.47 Å². The zero-order valence-electron chi connectivity index (χ0n) is 11.8. The maximum atomic E-state index is 9.60. The summed E-state index contributed by atoms with van der Waals surface area (Å²) in [6.07, 6.45) is 10.4. The van der Waals surface area contributed by atoms with Crippen LogP contribution in [-0.2, 0) is 9.53 Å². The van der Waals surface area contributed by atoms with Gasteiger partial charge >= 0.3 is 0 Å². The molecule has 1 aliphatic carbocycles. The Bertz CT molecular complexity index is 168. The third-order valence-corrected chi connectivity index (χ3v) is 2.95. The molecular formula is C14H29ClO2. The lowest BCUT2D eigenvalue weighted by molar-refractivity contribution is -0.138. The molecule has 0 spiro atoms. The van der Waals surface area contributed by atoms with Crippen LogP contribution in [0.2, 0.25) is 0 Å². The monoisotopic (exact) mass is 264 g/mol. The van der Waals surface area contributed by atoms with Crippen LogP contribution in [0.1, 0.15) is 72.6 Å². The Balaban J connectivity index is 0. The molecule has 0 heterocycles. The van der Waals surface area contributed by atoms with Crippen LogP contribution in [-0.4, -0.2) is 12.1 Å². The van der Waals surface area contributed by atoms with Crippen molar-refractivity contribution in [3.05, 3.63) is 0 Å². The highest BCUT2D eigenvalue weighted by Gasteiger charge is 2.08. The van der Waals surface area contributed by atoms with Gasteiger partial charge in [-0.3, -0.25) is 4.79 Å². The Kier molecular flexibility index (Phi) is 12.2. The molecule has 0 saturated heterocycles. The standard InChI is InChI=1S/C9H18.C5H10O2.ClH/c1-2-9-7-5-3-4-6-8-9;1-5(2,3)7-4-6;/h9H,2-8H2,1H3;4H,1-3H3;1H. The summed E-state index contributed by atoms with van der Waals surface area (Å²) >= 11 is 0. The van der Waals surface area contributed by atoms with Crippen molar-refractivity contribution in [3.63, 3.8) is 0 Å². The van der Waals surface area contributed by atoms with E-state index in [1.807, 2.05) is 20.8 Å². The maximum Gasteiger partial charge on any atom is 0.293 e. The van der Waals surface area contributed by atoms with Crippen LogP contribution >= 0.6 is 12.4 Å². The molecule has 1 rings (SSSR count). The predicted octanol–water partition coefficient (Wildman–Crippen LogP) is 4.75. The Hall–Kier alpha value is -0.240. The Labute approximate surface area is 113 Å². The molecule has 3 heteroatoms. The van der Waals surface area contributed by atoms with Crippen molar-refractivity contribution in [1.82, 2.24) is 0 Å². The Morgan fingerprint density at radius 3 is 1.82 bits per heavy atom. The van der Waals surface area contributed by atoms with E-state index in [1.165, 1.54) is 44.9 Å². The first kappa shape index (κ1) is 19.1. The second-order valence-electron chi connectivity index (χ2n) is 5.59. The van der Waals surface area contributed by atoms with Gasteiger partial charge in [-0.15, -0.1) is 12.4 Å². The molecule has 0 aromatic carbocycles. The van der Waals surface area contributed by atoms with Crippen LogP contribution in [0.15, 0.2) is 0 Å². The van der Waals surface area contributed by atoms with E-state index in [1.54, 1.807) is 0 Å². The molecular weight excluding hydrogens is 236 g/mol. The SMILES string of the molecule is CC(C)(C)OC=O.CCC1CCCCCC1.Cl. The quantitative estimate of drug-likeness (QED) is 0.532. The third-order valence-electron chi connectivity index (χ3n) is 2.95. The molecule has 0 amide bonds. The van der Waals surface area contributed by atoms with Crippen molar-refractivity contribution in [2.24, 2.45) is 5.92 Å². The summed E-state index contributed by atoms with van der Waals surface area (Å²) < 4.78 is 4.55. The van der Waals surface area contributed by atoms with Gasteiger partial charge in [0, 0.05) is 0 Å². The van der Waals surface area contributed by atoms with Crippen LogP contribution in [0.5, 0.6) is 0 Å². The topological polar surface area (TPSA) is 26.3 Å². The van der Waals surface area contributed by atoms with Crippen LogP contribution in [0.4, 0.5) is 0 Å². The average Bonchev–Trinajstić information content (AvgIpc) is 2.44. The Morgan fingerprint density at radius 2 is 1.59 bits per heavy atom. The fourth-order valence-corrected chi connectivity index (χ4v) is 1.92. The average molecular weight is 265 g/mol. The van der Waals surface area contributed by atoms with Crippen molar-refractivity contribution < 1.29 is 9.53 Å². The third kappa shape index (κ3) is 13.7. The molecule has 0 unspecified atom stereocenters. The predicted molar refractivity (Wildman–Crippen MR) is 75.6 cm³/mol. The molecule has 0 atom stereocenters. The van der Waals surface area contributed by atoms with Crippen LogP contribution in [0.3, 0.4) is 0 Å². The molecule has 0 aromatic rings. The van der Waals surface area contributed by atoms with Gasteiger partial charge in [0.25, 0.3) is 6.47 Å². The molecule has 0 radical (unpaired) electrons.